The molecule has 1 saturated heterocycles. The average Bonchev–Trinajstić information content (AvgIpc) is 2.51. The van der Waals surface area contributed by atoms with E-state index in [1.54, 1.807) is 6.92 Å². The van der Waals surface area contributed by atoms with E-state index < -0.39 is 10.2 Å². The quantitative estimate of drug-likeness (QED) is 0.801. The molecular formula is C17H29N3O2S. The molecule has 1 heterocycles. The van der Waals surface area contributed by atoms with Gasteiger partial charge in [-0.2, -0.15) is 8.42 Å². The van der Waals surface area contributed by atoms with Crippen LogP contribution in [-0.4, -0.2) is 39.5 Å². The Kier molecular flexibility index (Phi) is 6.59. The average molecular weight is 340 g/mol. The molecule has 0 amide bonds. The molecule has 1 aromatic rings. The van der Waals surface area contributed by atoms with Crippen LogP contribution in [0.25, 0.3) is 0 Å². The van der Waals surface area contributed by atoms with Crippen LogP contribution in [0.15, 0.2) is 24.3 Å². The van der Waals surface area contributed by atoms with Crippen molar-refractivity contribution < 1.29 is 8.42 Å². The summed E-state index contributed by atoms with van der Waals surface area (Å²) < 4.78 is 29.0. The number of nitrogens with one attached hydrogen (secondary N) is 2. The third kappa shape index (κ3) is 5.57. The molecule has 1 aliphatic heterocycles. The maximum atomic E-state index is 11.9. The molecule has 1 fully saturated rings. The molecule has 2 N–H and O–H groups in total. The first-order valence-corrected chi connectivity index (χ1v) is 9.94. The van der Waals surface area contributed by atoms with Crippen LogP contribution in [-0.2, 0) is 10.2 Å². The van der Waals surface area contributed by atoms with E-state index in [1.807, 2.05) is 0 Å². The second-order valence-electron chi connectivity index (χ2n) is 6.49. The first-order valence-electron chi connectivity index (χ1n) is 8.46. The summed E-state index contributed by atoms with van der Waals surface area (Å²) in [6, 6.07) is 8.48. The van der Waals surface area contributed by atoms with Crippen molar-refractivity contribution >= 4 is 10.2 Å². The molecule has 1 aliphatic rings. The van der Waals surface area contributed by atoms with Crippen LogP contribution in [0.3, 0.4) is 0 Å². The van der Waals surface area contributed by atoms with Crippen LogP contribution in [0.5, 0.6) is 0 Å². The van der Waals surface area contributed by atoms with Crippen LogP contribution in [0.1, 0.15) is 43.9 Å². The van der Waals surface area contributed by atoms with E-state index in [1.165, 1.54) is 24.0 Å². The Labute approximate surface area is 140 Å². The summed E-state index contributed by atoms with van der Waals surface area (Å²) in [5.74, 6) is 0.753. The normalized spacial score (nSPS) is 18.9. The maximum Gasteiger partial charge on any atom is 0.276 e. The Morgan fingerprint density at radius 3 is 2.35 bits per heavy atom. The molecule has 1 aromatic carbocycles. The standard InChI is InChI=1S/C17H29N3O2S/c1-4-18-23(21,22)19-13-17(16-7-5-14(2)6-8-16)20-11-9-15(3)10-12-20/h5-8,15,17-19H,4,9-13H2,1-3H3. The minimum absolute atomic E-state index is 0.0801. The van der Waals surface area contributed by atoms with Gasteiger partial charge in [-0.15, -0.1) is 0 Å². The third-order valence-electron chi connectivity index (χ3n) is 4.52. The Hall–Kier alpha value is -0.950. The lowest BCUT2D eigenvalue weighted by molar-refractivity contribution is 0.139. The van der Waals surface area contributed by atoms with Gasteiger partial charge in [-0.3, -0.25) is 4.90 Å². The van der Waals surface area contributed by atoms with Gasteiger partial charge in [-0.25, -0.2) is 9.44 Å². The fourth-order valence-electron chi connectivity index (χ4n) is 3.02. The molecule has 0 saturated carbocycles. The zero-order valence-electron chi connectivity index (χ0n) is 14.4. The molecule has 0 aromatic heterocycles. The second kappa shape index (κ2) is 8.24. The van der Waals surface area contributed by atoms with Crippen LogP contribution >= 0.6 is 0 Å². The highest BCUT2D eigenvalue weighted by molar-refractivity contribution is 7.87. The largest absolute Gasteiger partial charge is 0.295 e. The van der Waals surface area contributed by atoms with Crippen LogP contribution in [0.2, 0.25) is 0 Å². The molecule has 0 bridgehead atoms. The summed E-state index contributed by atoms with van der Waals surface area (Å²) in [4.78, 5) is 2.40. The van der Waals surface area contributed by atoms with Crippen molar-refractivity contribution in [1.29, 1.82) is 0 Å². The Balaban J connectivity index is 2.12. The zero-order valence-corrected chi connectivity index (χ0v) is 15.2. The summed E-state index contributed by atoms with van der Waals surface area (Å²) in [6.45, 7) is 8.95. The van der Waals surface area contributed by atoms with Crippen molar-refractivity contribution in [3.63, 3.8) is 0 Å². The van der Waals surface area contributed by atoms with Crippen molar-refractivity contribution in [1.82, 2.24) is 14.3 Å². The molecule has 6 heteroatoms. The number of piperidine rings is 1. The fraction of sp³-hybridized carbons (Fsp3) is 0.647. The molecule has 0 aliphatic carbocycles. The highest BCUT2D eigenvalue weighted by atomic mass is 32.2. The predicted molar refractivity (Wildman–Crippen MR) is 94.5 cm³/mol. The lowest BCUT2D eigenvalue weighted by Crippen LogP contribution is -2.44. The topological polar surface area (TPSA) is 61.4 Å². The molecule has 130 valence electrons. The lowest BCUT2D eigenvalue weighted by atomic mass is 9.95. The summed E-state index contributed by atoms with van der Waals surface area (Å²) in [5.41, 5.74) is 2.39. The van der Waals surface area contributed by atoms with E-state index in [2.05, 4.69) is 52.5 Å². The smallest absolute Gasteiger partial charge is 0.276 e. The van der Waals surface area contributed by atoms with Gasteiger partial charge in [0.25, 0.3) is 10.2 Å². The Morgan fingerprint density at radius 1 is 1.17 bits per heavy atom. The number of benzene rings is 1. The van der Waals surface area contributed by atoms with Gasteiger partial charge < -0.3 is 0 Å². The number of likely N-dealkylation sites (tertiary alicyclic amines) is 1. The van der Waals surface area contributed by atoms with Crippen LogP contribution in [0.4, 0.5) is 0 Å². The predicted octanol–water partition coefficient (Wildman–Crippen LogP) is 2.21. The van der Waals surface area contributed by atoms with Crippen molar-refractivity contribution in [3.05, 3.63) is 35.4 Å². The molecule has 1 unspecified atom stereocenters. The van der Waals surface area contributed by atoms with E-state index >= 15 is 0 Å². The van der Waals surface area contributed by atoms with Crippen molar-refractivity contribution in [2.45, 2.75) is 39.7 Å². The molecule has 1 atom stereocenters. The van der Waals surface area contributed by atoms with Crippen LogP contribution in [0, 0.1) is 12.8 Å². The van der Waals surface area contributed by atoms with Gasteiger partial charge in [0.05, 0.1) is 0 Å². The van der Waals surface area contributed by atoms with E-state index in [0.29, 0.717) is 13.1 Å². The highest BCUT2D eigenvalue weighted by Gasteiger charge is 2.25. The number of nitrogens with zero attached hydrogens (tertiary/aromatic N) is 1. The van der Waals surface area contributed by atoms with E-state index in [0.717, 1.165) is 19.0 Å². The van der Waals surface area contributed by atoms with Gasteiger partial charge in [0, 0.05) is 19.1 Å². The fourth-order valence-corrected chi connectivity index (χ4v) is 3.88. The zero-order chi connectivity index (χ0) is 16.9. The van der Waals surface area contributed by atoms with Crippen LogP contribution < -0.4 is 9.44 Å². The van der Waals surface area contributed by atoms with Crippen molar-refractivity contribution in [3.8, 4) is 0 Å². The number of hydrogen-bond donors (Lipinski definition) is 2. The summed E-state index contributed by atoms with van der Waals surface area (Å²) in [5, 5.41) is 0. The minimum atomic E-state index is -3.42. The van der Waals surface area contributed by atoms with Gasteiger partial charge in [0.2, 0.25) is 0 Å². The number of aryl methyl sites for hydroxylation is 1. The summed E-state index contributed by atoms with van der Waals surface area (Å²) in [6.07, 6.45) is 2.34. The van der Waals surface area contributed by atoms with Gasteiger partial charge >= 0.3 is 0 Å². The third-order valence-corrected chi connectivity index (χ3v) is 5.74. The SMILES string of the molecule is CCNS(=O)(=O)NCC(c1ccc(C)cc1)N1CCC(C)CC1. The van der Waals surface area contributed by atoms with Crippen molar-refractivity contribution in [2.75, 3.05) is 26.2 Å². The second-order valence-corrected chi connectivity index (χ2v) is 8.08. The van der Waals surface area contributed by atoms with Crippen molar-refractivity contribution in [2.24, 2.45) is 5.92 Å². The molecule has 5 nitrogen and oxygen atoms in total. The Morgan fingerprint density at radius 2 is 1.78 bits per heavy atom. The van der Waals surface area contributed by atoms with E-state index in [9.17, 15) is 8.42 Å². The lowest BCUT2D eigenvalue weighted by Gasteiger charge is -2.37. The maximum absolute atomic E-state index is 11.9. The van der Waals surface area contributed by atoms with Gasteiger partial charge in [0.1, 0.15) is 0 Å². The van der Waals surface area contributed by atoms with Gasteiger partial charge in [-0.05, 0) is 44.3 Å². The number of hydrogen-bond acceptors (Lipinski definition) is 3. The molecule has 2 rings (SSSR count). The van der Waals surface area contributed by atoms with Gasteiger partial charge in [-0.1, -0.05) is 43.7 Å². The summed E-state index contributed by atoms with van der Waals surface area (Å²) in [7, 11) is -3.42. The number of rotatable bonds is 7. The van der Waals surface area contributed by atoms with E-state index in [4.69, 9.17) is 0 Å². The highest BCUT2D eigenvalue weighted by Crippen LogP contribution is 2.26. The minimum Gasteiger partial charge on any atom is -0.295 e. The first-order chi connectivity index (χ1) is 10.9. The molecule has 23 heavy (non-hydrogen) atoms. The van der Waals surface area contributed by atoms with Gasteiger partial charge in [0.15, 0.2) is 0 Å². The Bertz CT molecular complexity index is 578. The summed E-state index contributed by atoms with van der Waals surface area (Å²) >= 11 is 0. The van der Waals surface area contributed by atoms with E-state index in [-0.39, 0.29) is 6.04 Å². The molecule has 0 spiro atoms. The monoisotopic (exact) mass is 339 g/mol. The first kappa shape index (κ1) is 18.4. The molecule has 0 radical (unpaired) electrons. The molecular weight excluding hydrogens is 310 g/mol.